The Labute approximate surface area is 108 Å². The van der Waals surface area contributed by atoms with Gasteiger partial charge in [-0.05, 0) is 32.3 Å². The Morgan fingerprint density at radius 1 is 1.39 bits per heavy atom. The average molecular weight is 248 g/mol. The van der Waals surface area contributed by atoms with E-state index in [0.29, 0.717) is 6.61 Å². The first kappa shape index (κ1) is 11.8. The molecule has 1 aromatic carbocycles. The summed E-state index contributed by atoms with van der Waals surface area (Å²) in [7, 11) is 0. The van der Waals surface area contributed by atoms with Crippen molar-refractivity contribution < 1.29 is 14.6 Å². The summed E-state index contributed by atoms with van der Waals surface area (Å²) >= 11 is 0. The molecule has 3 nitrogen and oxygen atoms in total. The quantitative estimate of drug-likeness (QED) is 0.874. The summed E-state index contributed by atoms with van der Waals surface area (Å²) in [6.45, 7) is 6.79. The van der Waals surface area contributed by atoms with Crippen LogP contribution in [-0.2, 0) is 12.8 Å². The highest BCUT2D eigenvalue weighted by molar-refractivity contribution is 5.58. The maximum absolute atomic E-state index is 10.4. The number of ether oxygens (including phenoxy) is 2. The smallest absolute Gasteiger partial charge is 0.129 e. The van der Waals surface area contributed by atoms with E-state index in [9.17, 15) is 5.11 Å². The van der Waals surface area contributed by atoms with Crippen LogP contribution in [0.15, 0.2) is 6.07 Å². The molecule has 3 unspecified atom stereocenters. The van der Waals surface area contributed by atoms with E-state index in [-0.39, 0.29) is 12.0 Å². The van der Waals surface area contributed by atoms with Gasteiger partial charge in [0.2, 0.25) is 0 Å². The third-order valence-electron chi connectivity index (χ3n) is 3.95. The number of fused-ring (bicyclic) bond motifs is 3. The minimum absolute atomic E-state index is 0.198. The molecule has 3 atom stereocenters. The van der Waals surface area contributed by atoms with Crippen molar-refractivity contribution in [3.63, 3.8) is 0 Å². The second-order valence-electron chi connectivity index (χ2n) is 5.45. The first-order chi connectivity index (χ1) is 8.61. The van der Waals surface area contributed by atoms with Crippen molar-refractivity contribution in [2.75, 3.05) is 6.61 Å². The van der Waals surface area contributed by atoms with Gasteiger partial charge in [0.05, 0.1) is 12.7 Å². The van der Waals surface area contributed by atoms with Crippen LogP contribution in [0.1, 0.15) is 43.6 Å². The molecule has 0 saturated carbocycles. The number of hydrogen-bond acceptors (Lipinski definition) is 3. The van der Waals surface area contributed by atoms with Gasteiger partial charge < -0.3 is 14.6 Å². The summed E-state index contributed by atoms with van der Waals surface area (Å²) in [6.07, 6.45) is 1.56. The van der Waals surface area contributed by atoms with Crippen molar-refractivity contribution in [1.29, 1.82) is 0 Å². The van der Waals surface area contributed by atoms with Gasteiger partial charge >= 0.3 is 0 Å². The fraction of sp³-hybridized carbons (Fsp3) is 0.600. The summed E-state index contributed by atoms with van der Waals surface area (Å²) < 4.78 is 11.6. The van der Waals surface area contributed by atoms with E-state index in [1.54, 1.807) is 0 Å². The molecule has 18 heavy (non-hydrogen) atoms. The van der Waals surface area contributed by atoms with Crippen LogP contribution < -0.4 is 9.47 Å². The number of aliphatic hydroxyl groups is 1. The molecule has 0 saturated heterocycles. The van der Waals surface area contributed by atoms with Crippen LogP contribution in [0.25, 0.3) is 0 Å². The van der Waals surface area contributed by atoms with Crippen molar-refractivity contribution in [3.05, 3.63) is 22.8 Å². The zero-order valence-corrected chi connectivity index (χ0v) is 11.2. The fourth-order valence-corrected chi connectivity index (χ4v) is 3.12. The van der Waals surface area contributed by atoms with Crippen molar-refractivity contribution >= 4 is 0 Å². The Hall–Kier alpha value is -1.22. The number of hydrogen-bond donors (Lipinski definition) is 1. The molecule has 0 amide bonds. The molecule has 0 radical (unpaired) electrons. The predicted molar refractivity (Wildman–Crippen MR) is 69.2 cm³/mol. The van der Waals surface area contributed by atoms with Crippen molar-refractivity contribution in [1.82, 2.24) is 0 Å². The van der Waals surface area contributed by atoms with Gasteiger partial charge in [-0.25, -0.2) is 0 Å². The minimum atomic E-state index is -0.417. The van der Waals surface area contributed by atoms with Crippen LogP contribution in [0, 0.1) is 5.92 Å². The van der Waals surface area contributed by atoms with E-state index in [1.165, 1.54) is 5.56 Å². The van der Waals surface area contributed by atoms with E-state index >= 15 is 0 Å². The topological polar surface area (TPSA) is 38.7 Å². The van der Waals surface area contributed by atoms with E-state index in [0.717, 1.165) is 35.5 Å². The van der Waals surface area contributed by atoms with Gasteiger partial charge in [0.1, 0.15) is 17.6 Å². The molecule has 1 aliphatic carbocycles. The fourth-order valence-electron chi connectivity index (χ4n) is 3.12. The minimum Gasteiger partial charge on any atom is -0.494 e. The molecule has 98 valence electrons. The predicted octanol–water partition coefficient (Wildman–Crippen LogP) is 2.63. The van der Waals surface area contributed by atoms with Crippen molar-refractivity contribution in [2.24, 2.45) is 5.92 Å². The van der Waals surface area contributed by atoms with Crippen molar-refractivity contribution in [2.45, 2.75) is 45.8 Å². The van der Waals surface area contributed by atoms with Gasteiger partial charge in [-0.15, -0.1) is 0 Å². The zero-order chi connectivity index (χ0) is 12.9. The molecular weight excluding hydrogens is 228 g/mol. The van der Waals surface area contributed by atoms with Gasteiger partial charge in [0.15, 0.2) is 0 Å². The molecule has 1 aliphatic heterocycles. The third-order valence-corrected chi connectivity index (χ3v) is 3.95. The van der Waals surface area contributed by atoms with E-state index in [1.807, 2.05) is 6.92 Å². The highest BCUT2D eigenvalue weighted by atomic mass is 16.5. The summed E-state index contributed by atoms with van der Waals surface area (Å²) in [5.41, 5.74) is 3.30. The normalized spacial score (nSPS) is 28.8. The van der Waals surface area contributed by atoms with Crippen LogP contribution in [0.2, 0.25) is 0 Å². The summed E-state index contributed by atoms with van der Waals surface area (Å²) in [5, 5.41) is 10.4. The van der Waals surface area contributed by atoms with Crippen LogP contribution in [0.5, 0.6) is 11.5 Å². The van der Waals surface area contributed by atoms with Crippen LogP contribution in [-0.4, -0.2) is 17.8 Å². The number of benzene rings is 1. The van der Waals surface area contributed by atoms with Crippen LogP contribution >= 0.6 is 0 Å². The monoisotopic (exact) mass is 248 g/mol. The Kier molecular flexibility index (Phi) is 2.74. The number of rotatable bonds is 2. The third kappa shape index (κ3) is 1.61. The van der Waals surface area contributed by atoms with E-state index in [4.69, 9.17) is 9.47 Å². The molecule has 3 heteroatoms. The summed E-state index contributed by atoms with van der Waals surface area (Å²) in [4.78, 5) is 0. The van der Waals surface area contributed by atoms with Crippen molar-refractivity contribution in [3.8, 4) is 11.5 Å². The standard InChI is InChI=1S/C15H20O3/c1-4-17-12-7-10-6-9(3)18-15(10)13-11(12)5-8(2)14(13)16/h7-9,14,16H,4-6H2,1-3H3. The lowest BCUT2D eigenvalue weighted by molar-refractivity contribution is 0.128. The Balaban J connectivity index is 2.15. The molecule has 1 N–H and O–H groups in total. The second kappa shape index (κ2) is 4.16. The molecule has 0 spiro atoms. The molecule has 0 bridgehead atoms. The lowest BCUT2D eigenvalue weighted by atomic mass is 10.0. The lowest BCUT2D eigenvalue weighted by Gasteiger charge is -2.15. The highest BCUT2D eigenvalue weighted by Crippen LogP contribution is 2.49. The average Bonchev–Trinajstić information content (AvgIpc) is 2.81. The number of aliphatic hydroxyl groups excluding tert-OH is 1. The van der Waals surface area contributed by atoms with Gasteiger partial charge in [0.25, 0.3) is 0 Å². The summed E-state index contributed by atoms with van der Waals surface area (Å²) in [5.74, 6) is 2.09. The van der Waals surface area contributed by atoms with Gasteiger partial charge in [-0.1, -0.05) is 6.92 Å². The Bertz CT molecular complexity index is 481. The van der Waals surface area contributed by atoms with Gasteiger partial charge in [0, 0.05) is 23.1 Å². The Morgan fingerprint density at radius 2 is 2.17 bits per heavy atom. The zero-order valence-electron chi connectivity index (χ0n) is 11.2. The van der Waals surface area contributed by atoms with Crippen LogP contribution in [0.4, 0.5) is 0 Å². The first-order valence-electron chi connectivity index (χ1n) is 6.78. The largest absolute Gasteiger partial charge is 0.494 e. The SMILES string of the molecule is CCOc1cc2c(c3c1CC(C)C3O)OC(C)C2. The molecular formula is C15H20O3. The first-order valence-corrected chi connectivity index (χ1v) is 6.78. The lowest BCUT2D eigenvalue weighted by Crippen LogP contribution is -2.07. The highest BCUT2D eigenvalue weighted by Gasteiger charge is 2.37. The van der Waals surface area contributed by atoms with E-state index < -0.39 is 6.10 Å². The maximum atomic E-state index is 10.4. The molecule has 0 aromatic heterocycles. The van der Waals surface area contributed by atoms with Gasteiger partial charge in [-0.2, -0.15) is 0 Å². The maximum Gasteiger partial charge on any atom is 0.129 e. The molecule has 1 heterocycles. The van der Waals surface area contributed by atoms with Crippen LogP contribution in [0.3, 0.4) is 0 Å². The second-order valence-corrected chi connectivity index (χ2v) is 5.45. The van der Waals surface area contributed by atoms with Gasteiger partial charge in [-0.3, -0.25) is 0 Å². The molecule has 1 aromatic rings. The molecule has 0 fully saturated rings. The summed E-state index contributed by atoms with van der Waals surface area (Å²) in [6, 6.07) is 2.10. The molecule has 3 rings (SSSR count). The van der Waals surface area contributed by atoms with E-state index in [2.05, 4.69) is 19.9 Å². The Morgan fingerprint density at radius 3 is 2.89 bits per heavy atom. The molecule has 2 aliphatic rings.